The summed E-state index contributed by atoms with van der Waals surface area (Å²) in [5.41, 5.74) is 3.47. The van der Waals surface area contributed by atoms with Crippen molar-refractivity contribution in [3.8, 4) is 11.5 Å². The summed E-state index contributed by atoms with van der Waals surface area (Å²) in [6, 6.07) is 14.9. The Morgan fingerprint density at radius 1 is 0.971 bits per heavy atom. The zero-order valence-electron chi connectivity index (χ0n) is 19.7. The van der Waals surface area contributed by atoms with E-state index in [9.17, 15) is 13.2 Å². The maximum atomic E-state index is 13.8. The molecule has 0 atom stereocenters. The van der Waals surface area contributed by atoms with Crippen LogP contribution >= 0.6 is 11.6 Å². The molecule has 0 aromatic heterocycles. The third-order valence-electron chi connectivity index (χ3n) is 5.48. The lowest BCUT2D eigenvalue weighted by Crippen LogP contribution is -2.38. The maximum Gasteiger partial charge on any atom is 0.268 e. The molecule has 7 nitrogen and oxygen atoms in total. The third-order valence-corrected chi connectivity index (χ3v) is 7.57. The second-order valence-corrected chi connectivity index (χ2v) is 10.0. The van der Waals surface area contributed by atoms with Crippen molar-refractivity contribution in [2.24, 2.45) is 0 Å². The van der Waals surface area contributed by atoms with Crippen molar-refractivity contribution < 1.29 is 22.7 Å². The summed E-state index contributed by atoms with van der Waals surface area (Å²) in [4.78, 5) is 13.0. The van der Waals surface area contributed by atoms with Crippen LogP contribution in [0.4, 0.5) is 11.4 Å². The zero-order chi connectivity index (χ0) is 25.0. The summed E-state index contributed by atoms with van der Waals surface area (Å²) in [5.74, 6) is 0.0525. The largest absolute Gasteiger partial charge is 0.495 e. The van der Waals surface area contributed by atoms with E-state index >= 15 is 0 Å². The highest BCUT2D eigenvalue weighted by atomic mass is 35.5. The molecule has 3 aromatic carbocycles. The number of hydrogen-bond donors (Lipinski definition) is 1. The molecule has 9 heteroatoms. The van der Waals surface area contributed by atoms with Crippen LogP contribution in [0, 0.1) is 20.8 Å². The van der Waals surface area contributed by atoms with Crippen LogP contribution in [0.5, 0.6) is 11.5 Å². The summed E-state index contributed by atoms with van der Waals surface area (Å²) in [5, 5.41) is 3.03. The van der Waals surface area contributed by atoms with Gasteiger partial charge in [0.15, 0.2) is 0 Å². The minimum atomic E-state index is -4.21. The van der Waals surface area contributed by atoms with Crippen LogP contribution in [0.2, 0.25) is 5.02 Å². The van der Waals surface area contributed by atoms with Gasteiger partial charge in [-0.25, -0.2) is 8.42 Å². The molecule has 0 spiro atoms. The molecule has 0 heterocycles. The number of ether oxygens (including phenoxy) is 2. The molecule has 0 unspecified atom stereocenters. The van der Waals surface area contributed by atoms with E-state index in [1.807, 2.05) is 26.0 Å². The molecule has 34 heavy (non-hydrogen) atoms. The smallest absolute Gasteiger partial charge is 0.268 e. The van der Waals surface area contributed by atoms with Crippen molar-refractivity contribution in [1.82, 2.24) is 0 Å². The van der Waals surface area contributed by atoms with Gasteiger partial charge in [0, 0.05) is 5.69 Å². The second-order valence-electron chi connectivity index (χ2n) is 7.78. The first kappa shape index (κ1) is 25.4. The van der Waals surface area contributed by atoms with E-state index in [0.717, 1.165) is 21.0 Å². The number of rotatable bonds is 8. The summed E-state index contributed by atoms with van der Waals surface area (Å²) < 4.78 is 39.2. The summed E-state index contributed by atoms with van der Waals surface area (Å²) in [6.45, 7) is 5.13. The first-order valence-corrected chi connectivity index (χ1v) is 12.3. The number of carbonyl (C=O) groups excluding carboxylic acids is 1. The molecule has 0 aliphatic heterocycles. The van der Waals surface area contributed by atoms with Gasteiger partial charge in [0.2, 0.25) is 5.91 Å². The molecule has 0 aliphatic rings. The van der Waals surface area contributed by atoms with Gasteiger partial charge in [0.1, 0.15) is 22.9 Å². The number of carbonyl (C=O) groups is 1. The number of nitrogens with zero attached hydrogens (tertiary/aromatic N) is 1. The number of amides is 1. The summed E-state index contributed by atoms with van der Waals surface area (Å²) >= 11 is 6.29. The number of nitrogens with one attached hydrogen (secondary N) is 1. The molecule has 3 aromatic rings. The fourth-order valence-electron chi connectivity index (χ4n) is 3.44. The van der Waals surface area contributed by atoms with Gasteiger partial charge < -0.3 is 14.8 Å². The van der Waals surface area contributed by atoms with Gasteiger partial charge in [0.25, 0.3) is 10.0 Å². The number of benzene rings is 3. The molecule has 0 fully saturated rings. The van der Waals surface area contributed by atoms with E-state index in [0.29, 0.717) is 11.4 Å². The highest BCUT2D eigenvalue weighted by Crippen LogP contribution is 2.34. The highest BCUT2D eigenvalue weighted by molar-refractivity contribution is 7.93. The molecule has 180 valence electrons. The molecule has 0 saturated heterocycles. The Bertz CT molecular complexity index is 1320. The number of methoxy groups -OCH3 is 2. The van der Waals surface area contributed by atoms with Gasteiger partial charge in [-0.3, -0.25) is 9.10 Å². The topological polar surface area (TPSA) is 84.9 Å². The average molecular weight is 503 g/mol. The molecule has 1 N–H and O–H groups in total. The predicted octanol–water partition coefficient (Wildman–Crippen LogP) is 5.12. The molecule has 1 amide bonds. The molecule has 3 rings (SSSR count). The maximum absolute atomic E-state index is 13.8. The van der Waals surface area contributed by atoms with Crippen LogP contribution in [-0.2, 0) is 14.8 Å². The van der Waals surface area contributed by atoms with Gasteiger partial charge in [-0.1, -0.05) is 29.8 Å². The Labute approximate surface area is 205 Å². The Morgan fingerprint density at radius 3 is 2.29 bits per heavy atom. The van der Waals surface area contributed by atoms with Crippen molar-refractivity contribution in [2.45, 2.75) is 25.7 Å². The molecular formula is C25H27ClN2O5S. The Hall–Kier alpha value is -3.23. The van der Waals surface area contributed by atoms with Crippen LogP contribution < -0.4 is 19.1 Å². The predicted molar refractivity (Wildman–Crippen MR) is 135 cm³/mol. The van der Waals surface area contributed by atoms with Gasteiger partial charge in [-0.2, -0.15) is 0 Å². The standard InChI is InChI=1S/C25H27ClN2O5S/c1-16-9-11-23(33-5)24(13-16)34(30,31)28(19-10-12-22(32-4)20(26)14-19)15-25(29)27-21-8-6-7-17(2)18(21)3/h6-14H,15H2,1-5H3,(H,27,29). The Balaban J connectivity index is 2.07. The second kappa shape index (κ2) is 10.4. The lowest BCUT2D eigenvalue weighted by Gasteiger charge is -2.26. The fraction of sp³-hybridized carbons (Fsp3) is 0.240. The normalized spacial score (nSPS) is 11.1. The Morgan fingerprint density at radius 2 is 1.65 bits per heavy atom. The molecule has 0 saturated carbocycles. The number of hydrogen-bond acceptors (Lipinski definition) is 5. The highest BCUT2D eigenvalue weighted by Gasteiger charge is 2.31. The van der Waals surface area contributed by atoms with E-state index in [1.165, 1.54) is 32.4 Å². The van der Waals surface area contributed by atoms with E-state index < -0.39 is 22.5 Å². The monoisotopic (exact) mass is 502 g/mol. The van der Waals surface area contributed by atoms with Crippen LogP contribution in [-0.4, -0.2) is 35.1 Å². The minimum absolute atomic E-state index is 0.0542. The molecule has 0 bridgehead atoms. The molecular weight excluding hydrogens is 476 g/mol. The molecule has 0 radical (unpaired) electrons. The van der Waals surface area contributed by atoms with E-state index in [1.54, 1.807) is 31.2 Å². The van der Waals surface area contributed by atoms with Crippen molar-refractivity contribution >= 4 is 38.9 Å². The van der Waals surface area contributed by atoms with E-state index in [2.05, 4.69) is 5.32 Å². The number of sulfonamides is 1. The van der Waals surface area contributed by atoms with Crippen LogP contribution in [0.25, 0.3) is 0 Å². The van der Waals surface area contributed by atoms with Crippen LogP contribution in [0.15, 0.2) is 59.5 Å². The minimum Gasteiger partial charge on any atom is -0.495 e. The SMILES string of the molecule is COc1ccc(N(CC(=O)Nc2cccc(C)c2C)S(=O)(=O)c2cc(C)ccc2OC)cc1Cl. The lowest BCUT2D eigenvalue weighted by atomic mass is 10.1. The van der Waals surface area contributed by atoms with Crippen molar-refractivity contribution in [3.05, 3.63) is 76.3 Å². The average Bonchev–Trinajstić information content (AvgIpc) is 2.80. The Kier molecular flexibility index (Phi) is 7.74. The number of aryl methyl sites for hydroxylation is 2. The van der Waals surface area contributed by atoms with Crippen LogP contribution in [0.1, 0.15) is 16.7 Å². The number of anilines is 2. The van der Waals surface area contributed by atoms with E-state index in [4.69, 9.17) is 21.1 Å². The van der Waals surface area contributed by atoms with E-state index in [-0.39, 0.29) is 21.4 Å². The molecule has 0 aliphatic carbocycles. The van der Waals surface area contributed by atoms with Crippen molar-refractivity contribution in [2.75, 3.05) is 30.4 Å². The quantitative estimate of drug-likeness (QED) is 0.462. The number of halogens is 1. The lowest BCUT2D eigenvalue weighted by molar-refractivity contribution is -0.114. The van der Waals surface area contributed by atoms with Gasteiger partial charge in [-0.05, 0) is 73.9 Å². The van der Waals surface area contributed by atoms with Crippen LogP contribution in [0.3, 0.4) is 0 Å². The first-order chi connectivity index (χ1) is 16.1. The summed E-state index contributed by atoms with van der Waals surface area (Å²) in [6.07, 6.45) is 0. The van der Waals surface area contributed by atoms with Crippen molar-refractivity contribution in [3.63, 3.8) is 0 Å². The fourth-order valence-corrected chi connectivity index (χ4v) is 5.34. The first-order valence-electron chi connectivity index (χ1n) is 10.5. The van der Waals surface area contributed by atoms with Gasteiger partial charge in [0.05, 0.1) is 24.9 Å². The van der Waals surface area contributed by atoms with Crippen molar-refractivity contribution in [1.29, 1.82) is 0 Å². The van der Waals surface area contributed by atoms with Gasteiger partial charge in [-0.15, -0.1) is 0 Å². The summed E-state index contributed by atoms with van der Waals surface area (Å²) in [7, 11) is -1.36. The third kappa shape index (κ3) is 5.29. The zero-order valence-corrected chi connectivity index (χ0v) is 21.3. The van der Waals surface area contributed by atoms with Gasteiger partial charge >= 0.3 is 0 Å².